The van der Waals surface area contributed by atoms with E-state index in [1.54, 1.807) is 12.1 Å². The molecule has 0 saturated heterocycles. The van der Waals surface area contributed by atoms with Crippen LogP contribution in [0, 0.1) is 5.92 Å². The second-order valence-electron chi connectivity index (χ2n) is 6.78. The van der Waals surface area contributed by atoms with Gasteiger partial charge in [-0.2, -0.15) is 13.4 Å². The molecule has 0 aliphatic rings. The Hall–Kier alpha value is -3.08. The van der Waals surface area contributed by atoms with Crippen LogP contribution in [0.2, 0.25) is 0 Å². The molecular weight excluding hydrogens is 398 g/mol. The maximum atomic E-state index is 11.7. The van der Waals surface area contributed by atoms with Gasteiger partial charge in [-0.05, 0) is 25.0 Å². The lowest BCUT2D eigenvalue weighted by Gasteiger charge is -2.20. The molecule has 1 amide bonds. The molecule has 1 heterocycles. The van der Waals surface area contributed by atoms with Crippen molar-refractivity contribution in [2.75, 3.05) is 24.0 Å². The van der Waals surface area contributed by atoms with E-state index in [1.807, 2.05) is 20.8 Å². The molecule has 0 spiro atoms. The van der Waals surface area contributed by atoms with E-state index in [0.717, 1.165) is 6.26 Å². The van der Waals surface area contributed by atoms with Crippen LogP contribution in [-0.4, -0.2) is 43.7 Å². The Kier molecular flexibility index (Phi) is 6.85. The van der Waals surface area contributed by atoms with Crippen molar-refractivity contribution in [1.29, 1.82) is 0 Å². The van der Waals surface area contributed by atoms with Gasteiger partial charge in [0.2, 0.25) is 5.95 Å². The highest BCUT2D eigenvalue weighted by Gasteiger charge is 2.17. The van der Waals surface area contributed by atoms with Gasteiger partial charge in [0.25, 0.3) is 5.91 Å². The standard InChI is InChI=1S/C18H25N5O5S/c1-10(2)11(3)21-17-13(16(19)24)9-20-18(23-17)22-12-6-7-14(27-4)15(8-12)28-29(5,25)26/h6-11H,1-5H3,(H2,19,24)(H2,20,21,22,23). The van der Waals surface area contributed by atoms with Crippen molar-refractivity contribution in [2.45, 2.75) is 26.8 Å². The smallest absolute Gasteiger partial charge is 0.306 e. The molecule has 2 aromatic rings. The third kappa shape index (κ3) is 6.21. The van der Waals surface area contributed by atoms with Gasteiger partial charge >= 0.3 is 10.1 Å². The predicted octanol–water partition coefficient (Wildman–Crippen LogP) is 2.12. The summed E-state index contributed by atoms with van der Waals surface area (Å²) < 4.78 is 33.0. The van der Waals surface area contributed by atoms with Gasteiger partial charge in [-0.15, -0.1) is 0 Å². The molecule has 1 aromatic heterocycles. The van der Waals surface area contributed by atoms with Crippen molar-refractivity contribution in [3.05, 3.63) is 30.0 Å². The number of primary amides is 1. The summed E-state index contributed by atoms with van der Waals surface area (Å²) >= 11 is 0. The quantitative estimate of drug-likeness (QED) is 0.516. The Bertz CT molecular complexity index is 994. The van der Waals surface area contributed by atoms with E-state index >= 15 is 0 Å². The molecule has 0 saturated carbocycles. The summed E-state index contributed by atoms with van der Waals surface area (Å²) in [6.07, 6.45) is 2.26. The summed E-state index contributed by atoms with van der Waals surface area (Å²) in [6, 6.07) is 4.66. The topological polar surface area (TPSA) is 146 Å². The van der Waals surface area contributed by atoms with E-state index in [2.05, 4.69) is 20.6 Å². The van der Waals surface area contributed by atoms with E-state index in [1.165, 1.54) is 19.4 Å². The third-order valence-corrected chi connectivity index (χ3v) is 4.56. The zero-order valence-electron chi connectivity index (χ0n) is 16.9. The fraction of sp³-hybridized carbons (Fsp3) is 0.389. The lowest BCUT2D eigenvalue weighted by molar-refractivity contribution is 0.100. The average Bonchev–Trinajstić information content (AvgIpc) is 2.60. The van der Waals surface area contributed by atoms with Crippen molar-refractivity contribution in [2.24, 2.45) is 11.7 Å². The molecule has 1 unspecified atom stereocenters. The van der Waals surface area contributed by atoms with Crippen LogP contribution in [0.5, 0.6) is 11.5 Å². The van der Waals surface area contributed by atoms with Gasteiger partial charge in [-0.3, -0.25) is 4.79 Å². The molecule has 10 nitrogen and oxygen atoms in total. The Labute approximate surface area is 170 Å². The minimum atomic E-state index is -3.74. The van der Waals surface area contributed by atoms with Gasteiger partial charge < -0.3 is 25.3 Å². The molecule has 158 valence electrons. The molecule has 0 fully saturated rings. The molecule has 4 N–H and O–H groups in total. The Balaban J connectivity index is 2.36. The van der Waals surface area contributed by atoms with Gasteiger partial charge in [-0.25, -0.2) is 4.98 Å². The van der Waals surface area contributed by atoms with Crippen LogP contribution >= 0.6 is 0 Å². The average molecular weight is 423 g/mol. The molecule has 29 heavy (non-hydrogen) atoms. The third-order valence-electron chi connectivity index (χ3n) is 4.08. The van der Waals surface area contributed by atoms with Crippen molar-refractivity contribution >= 4 is 33.5 Å². The molecule has 0 aliphatic heterocycles. The van der Waals surface area contributed by atoms with E-state index < -0.39 is 16.0 Å². The summed E-state index contributed by atoms with van der Waals surface area (Å²) in [5, 5.41) is 6.11. The van der Waals surface area contributed by atoms with Gasteiger partial charge in [0.05, 0.1) is 18.9 Å². The van der Waals surface area contributed by atoms with Gasteiger partial charge in [0.1, 0.15) is 5.82 Å². The number of hydrogen-bond donors (Lipinski definition) is 3. The number of carbonyl (C=O) groups excluding carboxylic acids is 1. The van der Waals surface area contributed by atoms with Crippen LogP contribution in [0.15, 0.2) is 24.4 Å². The fourth-order valence-corrected chi connectivity index (χ4v) is 2.68. The first-order chi connectivity index (χ1) is 13.5. The Morgan fingerprint density at radius 1 is 1.21 bits per heavy atom. The Morgan fingerprint density at radius 3 is 2.45 bits per heavy atom. The normalized spacial score (nSPS) is 12.3. The molecular formula is C18H25N5O5S. The second-order valence-corrected chi connectivity index (χ2v) is 8.35. The van der Waals surface area contributed by atoms with Crippen LogP contribution < -0.4 is 25.3 Å². The molecule has 11 heteroatoms. The molecule has 0 radical (unpaired) electrons. The van der Waals surface area contributed by atoms with Crippen LogP contribution in [0.3, 0.4) is 0 Å². The highest BCUT2D eigenvalue weighted by atomic mass is 32.2. The largest absolute Gasteiger partial charge is 0.493 e. The maximum absolute atomic E-state index is 11.7. The Morgan fingerprint density at radius 2 is 1.90 bits per heavy atom. The zero-order chi connectivity index (χ0) is 21.8. The number of hydrogen-bond acceptors (Lipinski definition) is 9. The number of rotatable bonds is 9. The number of methoxy groups -OCH3 is 1. The van der Waals surface area contributed by atoms with Crippen molar-refractivity contribution in [1.82, 2.24) is 9.97 Å². The molecule has 1 aromatic carbocycles. The first kappa shape index (κ1) is 22.2. The monoisotopic (exact) mass is 423 g/mol. The lowest BCUT2D eigenvalue weighted by Crippen LogP contribution is -2.25. The summed E-state index contributed by atoms with van der Waals surface area (Å²) in [7, 11) is -2.34. The summed E-state index contributed by atoms with van der Waals surface area (Å²) in [4.78, 5) is 20.1. The van der Waals surface area contributed by atoms with Crippen LogP contribution in [0.25, 0.3) is 0 Å². The zero-order valence-corrected chi connectivity index (χ0v) is 17.7. The number of carbonyl (C=O) groups is 1. The number of benzene rings is 1. The van der Waals surface area contributed by atoms with Gasteiger partial charge in [-0.1, -0.05) is 13.8 Å². The maximum Gasteiger partial charge on any atom is 0.306 e. The van der Waals surface area contributed by atoms with E-state index in [9.17, 15) is 13.2 Å². The predicted molar refractivity (Wildman–Crippen MR) is 110 cm³/mol. The molecule has 0 bridgehead atoms. The van der Waals surface area contributed by atoms with Crippen LogP contribution in [0.1, 0.15) is 31.1 Å². The number of nitrogens with two attached hydrogens (primary N) is 1. The number of amides is 1. The van der Waals surface area contributed by atoms with Crippen molar-refractivity contribution < 1.29 is 22.1 Å². The van der Waals surface area contributed by atoms with Gasteiger partial charge in [0, 0.05) is 24.0 Å². The second kappa shape index (κ2) is 8.95. The van der Waals surface area contributed by atoms with Crippen LogP contribution in [-0.2, 0) is 10.1 Å². The molecule has 1 atom stereocenters. The van der Waals surface area contributed by atoms with Crippen molar-refractivity contribution in [3.8, 4) is 11.5 Å². The highest BCUT2D eigenvalue weighted by molar-refractivity contribution is 7.86. The van der Waals surface area contributed by atoms with Crippen LogP contribution in [0.4, 0.5) is 17.5 Å². The number of aromatic nitrogens is 2. The van der Waals surface area contributed by atoms with E-state index in [4.69, 9.17) is 14.7 Å². The van der Waals surface area contributed by atoms with Crippen molar-refractivity contribution in [3.63, 3.8) is 0 Å². The minimum Gasteiger partial charge on any atom is -0.493 e. The molecule has 0 aliphatic carbocycles. The van der Waals surface area contributed by atoms with E-state index in [0.29, 0.717) is 17.4 Å². The summed E-state index contributed by atoms with van der Waals surface area (Å²) in [5.74, 6) is 0.392. The SMILES string of the molecule is COc1ccc(Nc2ncc(C(N)=O)c(NC(C)C(C)C)n2)cc1OS(C)(=O)=O. The summed E-state index contributed by atoms with van der Waals surface area (Å²) in [6.45, 7) is 6.02. The number of ether oxygens (including phenoxy) is 1. The first-order valence-corrected chi connectivity index (χ1v) is 10.6. The lowest BCUT2D eigenvalue weighted by atomic mass is 10.1. The minimum absolute atomic E-state index is 0.0144. The summed E-state index contributed by atoms with van der Waals surface area (Å²) in [5.41, 5.74) is 6.04. The highest BCUT2D eigenvalue weighted by Crippen LogP contribution is 2.32. The van der Waals surface area contributed by atoms with E-state index in [-0.39, 0.29) is 29.1 Å². The number of anilines is 3. The fourth-order valence-electron chi connectivity index (χ4n) is 2.23. The van der Waals surface area contributed by atoms with Gasteiger partial charge in [0.15, 0.2) is 11.5 Å². The number of nitrogens with one attached hydrogen (secondary N) is 2. The molecule has 2 rings (SSSR count). The first-order valence-electron chi connectivity index (χ1n) is 8.78. The number of nitrogens with zero attached hydrogens (tertiary/aromatic N) is 2.